The van der Waals surface area contributed by atoms with Crippen LogP contribution in [0.5, 0.6) is 0 Å². The molecule has 1 saturated heterocycles. The first-order valence-corrected chi connectivity index (χ1v) is 7.47. The SMILES string of the molecule is CC1(C)CC(CCO)CCN1c1ccccc1Br. The Bertz CT molecular complexity index is 405. The van der Waals surface area contributed by atoms with Crippen LogP contribution in [0.1, 0.15) is 33.1 Å². The Morgan fingerprint density at radius 3 is 2.72 bits per heavy atom. The van der Waals surface area contributed by atoms with Crippen molar-refractivity contribution < 1.29 is 5.11 Å². The van der Waals surface area contributed by atoms with E-state index in [9.17, 15) is 0 Å². The number of piperidine rings is 1. The number of anilines is 1. The molecule has 0 spiro atoms. The number of hydrogen-bond donors (Lipinski definition) is 1. The number of aliphatic hydroxyl groups excluding tert-OH is 1. The highest BCUT2D eigenvalue weighted by molar-refractivity contribution is 9.10. The average molecular weight is 312 g/mol. The molecule has 3 heteroatoms. The maximum atomic E-state index is 9.09. The predicted molar refractivity (Wildman–Crippen MR) is 80.0 cm³/mol. The van der Waals surface area contributed by atoms with Gasteiger partial charge in [0.2, 0.25) is 0 Å². The maximum absolute atomic E-state index is 9.09. The minimum Gasteiger partial charge on any atom is -0.396 e. The monoisotopic (exact) mass is 311 g/mol. The Morgan fingerprint density at radius 1 is 1.39 bits per heavy atom. The standard InChI is InChI=1S/C15H22BrNO/c1-15(2)11-12(8-10-18)7-9-17(15)14-6-4-3-5-13(14)16/h3-6,12,18H,7-11H2,1-2H3. The maximum Gasteiger partial charge on any atom is 0.0515 e. The molecule has 1 aromatic carbocycles. The van der Waals surface area contributed by atoms with Crippen LogP contribution in [0.25, 0.3) is 0 Å². The van der Waals surface area contributed by atoms with Gasteiger partial charge in [-0.3, -0.25) is 0 Å². The Hall–Kier alpha value is -0.540. The van der Waals surface area contributed by atoms with Crippen molar-refractivity contribution in [2.45, 2.75) is 38.6 Å². The quantitative estimate of drug-likeness (QED) is 0.917. The molecule has 0 radical (unpaired) electrons. The second-order valence-corrected chi connectivity index (χ2v) is 6.64. The summed E-state index contributed by atoms with van der Waals surface area (Å²) in [6.45, 7) is 5.99. The van der Waals surface area contributed by atoms with Crippen LogP contribution in [-0.2, 0) is 0 Å². The average Bonchev–Trinajstić information content (AvgIpc) is 2.30. The van der Waals surface area contributed by atoms with E-state index >= 15 is 0 Å². The van der Waals surface area contributed by atoms with Crippen LogP contribution in [0.4, 0.5) is 5.69 Å². The normalized spacial score (nSPS) is 23.1. The largest absolute Gasteiger partial charge is 0.396 e. The lowest BCUT2D eigenvalue weighted by Crippen LogP contribution is -2.50. The molecule has 0 saturated carbocycles. The fraction of sp³-hybridized carbons (Fsp3) is 0.600. The summed E-state index contributed by atoms with van der Waals surface area (Å²) < 4.78 is 1.17. The van der Waals surface area contributed by atoms with E-state index in [0.717, 1.165) is 19.4 Å². The van der Waals surface area contributed by atoms with Crippen molar-refractivity contribution in [1.82, 2.24) is 0 Å². The molecule has 1 aliphatic heterocycles. The molecule has 1 fully saturated rings. The van der Waals surface area contributed by atoms with Crippen molar-refractivity contribution >= 4 is 21.6 Å². The third-order valence-electron chi connectivity index (χ3n) is 3.96. The molecule has 1 aromatic rings. The van der Waals surface area contributed by atoms with Gasteiger partial charge in [-0.1, -0.05) is 12.1 Å². The first-order chi connectivity index (χ1) is 8.54. The number of benzene rings is 1. The summed E-state index contributed by atoms with van der Waals surface area (Å²) in [5, 5.41) is 9.09. The highest BCUT2D eigenvalue weighted by Crippen LogP contribution is 2.39. The molecular weight excluding hydrogens is 290 g/mol. The van der Waals surface area contributed by atoms with E-state index in [1.807, 2.05) is 0 Å². The van der Waals surface area contributed by atoms with Crippen molar-refractivity contribution in [2.24, 2.45) is 5.92 Å². The molecule has 1 unspecified atom stereocenters. The van der Waals surface area contributed by atoms with Gasteiger partial charge in [0.15, 0.2) is 0 Å². The Kier molecular flexibility index (Phi) is 4.33. The number of nitrogens with zero attached hydrogens (tertiary/aromatic N) is 1. The molecule has 0 aromatic heterocycles. The van der Waals surface area contributed by atoms with Gasteiger partial charge in [0.05, 0.1) is 5.69 Å². The lowest BCUT2D eigenvalue weighted by atomic mass is 9.81. The first kappa shape index (κ1) is 13.9. The van der Waals surface area contributed by atoms with Gasteiger partial charge in [-0.25, -0.2) is 0 Å². The second kappa shape index (κ2) is 5.62. The summed E-state index contributed by atoms with van der Waals surface area (Å²) >= 11 is 3.65. The predicted octanol–water partition coefficient (Wildman–Crippen LogP) is 3.83. The molecule has 2 rings (SSSR count). The zero-order valence-corrected chi connectivity index (χ0v) is 12.8. The topological polar surface area (TPSA) is 23.5 Å². The van der Waals surface area contributed by atoms with Gasteiger partial charge in [-0.05, 0) is 67.1 Å². The van der Waals surface area contributed by atoms with Crippen LogP contribution in [0.2, 0.25) is 0 Å². The molecule has 18 heavy (non-hydrogen) atoms. The van der Waals surface area contributed by atoms with E-state index in [-0.39, 0.29) is 5.54 Å². The van der Waals surface area contributed by atoms with Crippen molar-refractivity contribution in [1.29, 1.82) is 0 Å². The van der Waals surface area contributed by atoms with Crippen molar-refractivity contribution in [3.05, 3.63) is 28.7 Å². The van der Waals surface area contributed by atoms with Crippen molar-refractivity contribution in [2.75, 3.05) is 18.1 Å². The summed E-state index contributed by atoms with van der Waals surface area (Å²) in [7, 11) is 0. The summed E-state index contributed by atoms with van der Waals surface area (Å²) in [6, 6.07) is 8.43. The van der Waals surface area contributed by atoms with Crippen molar-refractivity contribution in [3.8, 4) is 0 Å². The van der Waals surface area contributed by atoms with Crippen LogP contribution in [-0.4, -0.2) is 23.8 Å². The number of para-hydroxylation sites is 1. The smallest absolute Gasteiger partial charge is 0.0515 e. The summed E-state index contributed by atoms with van der Waals surface area (Å²) in [6.07, 6.45) is 3.26. The van der Waals surface area contributed by atoms with Gasteiger partial charge < -0.3 is 10.0 Å². The molecule has 1 N–H and O–H groups in total. The number of aliphatic hydroxyl groups is 1. The van der Waals surface area contributed by atoms with E-state index in [0.29, 0.717) is 12.5 Å². The van der Waals surface area contributed by atoms with E-state index in [2.05, 4.69) is 58.9 Å². The molecule has 0 amide bonds. The molecular formula is C15H22BrNO. The third kappa shape index (κ3) is 2.89. The van der Waals surface area contributed by atoms with E-state index in [1.54, 1.807) is 0 Å². The van der Waals surface area contributed by atoms with Crippen molar-refractivity contribution in [3.63, 3.8) is 0 Å². The fourth-order valence-corrected chi connectivity index (χ4v) is 3.58. The van der Waals surface area contributed by atoms with E-state index in [1.165, 1.54) is 16.6 Å². The molecule has 2 nitrogen and oxygen atoms in total. The lowest BCUT2D eigenvalue weighted by Gasteiger charge is -2.47. The van der Waals surface area contributed by atoms with Crippen LogP contribution in [0.3, 0.4) is 0 Å². The van der Waals surface area contributed by atoms with Gasteiger partial charge in [0, 0.05) is 23.2 Å². The number of rotatable bonds is 3. The highest BCUT2D eigenvalue weighted by atomic mass is 79.9. The summed E-state index contributed by atoms with van der Waals surface area (Å²) in [4.78, 5) is 2.49. The van der Waals surface area contributed by atoms with Crippen LogP contribution in [0, 0.1) is 5.92 Å². The van der Waals surface area contributed by atoms with Gasteiger partial charge in [-0.2, -0.15) is 0 Å². The van der Waals surface area contributed by atoms with Gasteiger partial charge in [-0.15, -0.1) is 0 Å². The van der Waals surface area contributed by atoms with Gasteiger partial charge >= 0.3 is 0 Å². The molecule has 1 atom stereocenters. The van der Waals surface area contributed by atoms with E-state index < -0.39 is 0 Å². The summed E-state index contributed by atoms with van der Waals surface area (Å²) in [5.74, 6) is 0.656. The minimum atomic E-state index is 0.155. The molecule has 1 heterocycles. The Morgan fingerprint density at radius 2 is 2.11 bits per heavy atom. The van der Waals surface area contributed by atoms with Gasteiger partial charge in [0.1, 0.15) is 0 Å². The third-order valence-corrected chi connectivity index (χ3v) is 4.63. The number of hydrogen-bond acceptors (Lipinski definition) is 2. The Balaban J connectivity index is 2.18. The highest BCUT2D eigenvalue weighted by Gasteiger charge is 2.35. The molecule has 1 aliphatic rings. The molecule has 100 valence electrons. The van der Waals surface area contributed by atoms with Crippen LogP contribution in [0.15, 0.2) is 28.7 Å². The molecule has 0 aliphatic carbocycles. The zero-order valence-electron chi connectivity index (χ0n) is 11.2. The second-order valence-electron chi connectivity index (χ2n) is 5.79. The number of halogens is 1. The molecule has 0 bridgehead atoms. The van der Waals surface area contributed by atoms with Gasteiger partial charge in [0.25, 0.3) is 0 Å². The fourth-order valence-electron chi connectivity index (χ4n) is 3.08. The van der Waals surface area contributed by atoms with Crippen LogP contribution >= 0.6 is 15.9 Å². The first-order valence-electron chi connectivity index (χ1n) is 6.67. The van der Waals surface area contributed by atoms with E-state index in [4.69, 9.17) is 5.11 Å². The Labute approximate surface area is 118 Å². The van der Waals surface area contributed by atoms with Crippen LogP contribution < -0.4 is 4.90 Å². The summed E-state index contributed by atoms with van der Waals surface area (Å²) in [5.41, 5.74) is 1.44. The zero-order chi connectivity index (χ0) is 13.2. The minimum absolute atomic E-state index is 0.155. The lowest BCUT2D eigenvalue weighted by molar-refractivity contribution is 0.205.